The van der Waals surface area contributed by atoms with Gasteiger partial charge in [0, 0.05) is 5.92 Å². The van der Waals surface area contributed by atoms with Crippen LogP contribution in [0.2, 0.25) is 0 Å². The lowest BCUT2D eigenvalue weighted by Gasteiger charge is -2.19. The molecule has 1 aliphatic rings. The monoisotopic (exact) mass is 269 g/mol. The molecule has 6 heteroatoms. The van der Waals surface area contributed by atoms with Crippen LogP contribution in [0.25, 0.3) is 0 Å². The highest BCUT2D eigenvalue weighted by Crippen LogP contribution is 2.28. The van der Waals surface area contributed by atoms with Crippen LogP contribution in [0.15, 0.2) is 12.7 Å². The first-order valence-corrected chi connectivity index (χ1v) is 6.36. The largest absolute Gasteiger partial charge is 0.480 e. The van der Waals surface area contributed by atoms with Crippen molar-refractivity contribution in [1.82, 2.24) is 4.90 Å². The Hall–Kier alpha value is -1.85. The first-order valence-electron chi connectivity index (χ1n) is 6.36. The molecule has 1 fully saturated rings. The summed E-state index contributed by atoms with van der Waals surface area (Å²) in [7, 11) is 0. The second-order valence-electron chi connectivity index (χ2n) is 4.49. The zero-order valence-electron chi connectivity index (χ0n) is 11.0. The van der Waals surface area contributed by atoms with Crippen molar-refractivity contribution in [2.24, 2.45) is 5.92 Å². The smallest absolute Gasteiger partial charge is 0.417 e. The van der Waals surface area contributed by atoms with E-state index in [-0.39, 0.29) is 13.0 Å². The number of likely N-dealkylation sites (tertiary alicyclic amines) is 1. The molecule has 0 radical (unpaired) electrons. The Morgan fingerprint density at radius 1 is 1.58 bits per heavy atom. The minimum atomic E-state index is -1.19. The predicted octanol–water partition coefficient (Wildman–Crippen LogP) is 1.80. The third kappa shape index (κ3) is 3.56. The number of allylic oxidation sites excluding steroid dienone is 1. The maximum Gasteiger partial charge on any atom is 0.417 e. The maximum atomic E-state index is 12.0. The van der Waals surface area contributed by atoms with Gasteiger partial charge < -0.3 is 9.84 Å². The molecular weight excluding hydrogens is 250 g/mol. The Balaban J connectivity index is 2.76. The predicted molar refractivity (Wildman–Crippen MR) is 67.4 cm³/mol. The summed E-state index contributed by atoms with van der Waals surface area (Å²) in [5.74, 6) is -2.18. The minimum Gasteiger partial charge on any atom is -0.480 e. The normalized spacial score (nSPS) is 22.4. The number of aliphatic carboxylic acids is 1. The lowest BCUT2D eigenvalue weighted by atomic mass is 10.0. The van der Waals surface area contributed by atoms with Gasteiger partial charge in [-0.05, 0) is 19.3 Å². The molecule has 0 aromatic carbocycles. The maximum absolute atomic E-state index is 12.0. The second kappa shape index (κ2) is 6.92. The fourth-order valence-electron chi connectivity index (χ4n) is 2.03. The number of hydrogen-bond acceptors (Lipinski definition) is 4. The number of rotatable bonds is 6. The minimum absolute atomic E-state index is 0.114. The first kappa shape index (κ1) is 15.2. The number of carbonyl (C=O) groups excluding carboxylic acids is 2. The number of carbonyl (C=O) groups is 3. The van der Waals surface area contributed by atoms with E-state index >= 15 is 0 Å². The molecule has 0 aliphatic carbocycles. The highest BCUT2D eigenvalue weighted by atomic mass is 16.6. The van der Waals surface area contributed by atoms with Crippen molar-refractivity contribution in [1.29, 1.82) is 0 Å². The molecule has 2 atom stereocenters. The molecule has 106 valence electrons. The third-order valence-corrected chi connectivity index (χ3v) is 3.06. The number of carboxylic acid groups (broad SMARTS) is 1. The summed E-state index contributed by atoms with van der Waals surface area (Å²) in [4.78, 5) is 35.6. The summed E-state index contributed by atoms with van der Waals surface area (Å²) >= 11 is 0. The van der Waals surface area contributed by atoms with Crippen LogP contribution >= 0.6 is 0 Å². The van der Waals surface area contributed by atoms with Gasteiger partial charge in [-0.15, -0.1) is 6.58 Å². The molecule has 0 saturated carbocycles. The van der Waals surface area contributed by atoms with E-state index in [1.54, 1.807) is 6.08 Å². The van der Waals surface area contributed by atoms with Crippen molar-refractivity contribution in [2.45, 2.75) is 38.6 Å². The molecule has 0 bridgehead atoms. The molecule has 6 nitrogen and oxygen atoms in total. The van der Waals surface area contributed by atoms with E-state index < -0.39 is 29.9 Å². The van der Waals surface area contributed by atoms with E-state index in [2.05, 4.69) is 6.58 Å². The van der Waals surface area contributed by atoms with Crippen LogP contribution in [0, 0.1) is 5.92 Å². The molecule has 0 spiro atoms. The van der Waals surface area contributed by atoms with E-state index in [0.717, 1.165) is 11.3 Å². The van der Waals surface area contributed by atoms with Gasteiger partial charge in [-0.3, -0.25) is 4.79 Å². The summed E-state index contributed by atoms with van der Waals surface area (Å²) in [6.07, 6.45) is 2.69. The molecule has 1 aliphatic heterocycles. The summed E-state index contributed by atoms with van der Waals surface area (Å²) in [5, 5.41) is 9.08. The Bertz CT molecular complexity index is 379. The summed E-state index contributed by atoms with van der Waals surface area (Å²) in [5.41, 5.74) is 0. The summed E-state index contributed by atoms with van der Waals surface area (Å²) in [6, 6.07) is -1.13. The van der Waals surface area contributed by atoms with Gasteiger partial charge in [0.05, 0.1) is 6.61 Å². The van der Waals surface area contributed by atoms with Crippen LogP contribution < -0.4 is 0 Å². The van der Waals surface area contributed by atoms with Crippen molar-refractivity contribution in [3.63, 3.8) is 0 Å². The van der Waals surface area contributed by atoms with E-state index in [9.17, 15) is 14.4 Å². The summed E-state index contributed by atoms with van der Waals surface area (Å²) in [6.45, 7) is 5.66. The quantitative estimate of drug-likeness (QED) is 0.587. The topological polar surface area (TPSA) is 83.9 Å². The Morgan fingerprint density at radius 2 is 2.26 bits per heavy atom. The third-order valence-electron chi connectivity index (χ3n) is 3.06. The van der Waals surface area contributed by atoms with Gasteiger partial charge in [0.2, 0.25) is 5.91 Å². The van der Waals surface area contributed by atoms with Crippen LogP contribution in [0.4, 0.5) is 4.79 Å². The van der Waals surface area contributed by atoms with Gasteiger partial charge >= 0.3 is 12.1 Å². The molecule has 1 N–H and O–H groups in total. The standard InChI is InChI=1S/C13H19NO5/c1-3-5-7-19-13(18)14-10(12(16)17)8-9(6-4-2)11(14)15/h4,9-10H,2-3,5-8H2,1H3,(H,16,17). The van der Waals surface area contributed by atoms with Gasteiger partial charge in [-0.2, -0.15) is 0 Å². The zero-order valence-corrected chi connectivity index (χ0v) is 11.0. The molecule has 2 unspecified atom stereocenters. The molecule has 19 heavy (non-hydrogen) atoms. The van der Waals surface area contributed by atoms with E-state index in [1.807, 2.05) is 6.92 Å². The SMILES string of the molecule is C=CCC1CC(C(=O)O)N(C(=O)OCCCC)C1=O. The van der Waals surface area contributed by atoms with Crippen LogP contribution in [0.5, 0.6) is 0 Å². The average Bonchev–Trinajstić information content (AvgIpc) is 2.68. The van der Waals surface area contributed by atoms with E-state index in [4.69, 9.17) is 9.84 Å². The van der Waals surface area contributed by atoms with Crippen molar-refractivity contribution in [3.05, 3.63) is 12.7 Å². The van der Waals surface area contributed by atoms with Crippen LogP contribution in [0.3, 0.4) is 0 Å². The number of nitrogens with zero attached hydrogens (tertiary/aromatic N) is 1. The van der Waals surface area contributed by atoms with Gasteiger partial charge in [0.1, 0.15) is 6.04 Å². The highest BCUT2D eigenvalue weighted by molar-refractivity contribution is 6.00. The molecule has 1 saturated heterocycles. The van der Waals surface area contributed by atoms with Gasteiger partial charge in [0.15, 0.2) is 0 Å². The molecule has 2 amide bonds. The number of imide groups is 1. The van der Waals surface area contributed by atoms with Gasteiger partial charge in [0.25, 0.3) is 0 Å². The Kier molecular flexibility index (Phi) is 5.54. The number of unbranched alkanes of at least 4 members (excludes halogenated alkanes) is 1. The van der Waals surface area contributed by atoms with Gasteiger partial charge in [-0.1, -0.05) is 19.4 Å². The van der Waals surface area contributed by atoms with Crippen molar-refractivity contribution in [2.75, 3.05) is 6.61 Å². The number of carboxylic acids is 1. The number of amides is 2. The fourth-order valence-corrected chi connectivity index (χ4v) is 2.03. The van der Waals surface area contributed by atoms with Crippen molar-refractivity contribution >= 4 is 18.0 Å². The van der Waals surface area contributed by atoms with E-state index in [1.165, 1.54) is 0 Å². The average molecular weight is 269 g/mol. The van der Waals surface area contributed by atoms with E-state index in [0.29, 0.717) is 12.8 Å². The molecule has 0 aromatic heterocycles. The van der Waals surface area contributed by atoms with Crippen LogP contribution in [0.1, 0.15) is 32.6 Å². The Morgan fingerprint density at radius 3 is 2.79 bits per heavy atom. The van der Waals surface area contributed by atoms with Crippen LogP contribution in [-0.2, 0) is 14.3 Å². The number of hydrogen-bond donors (Lipinski definition) is 1. The summed E-state index contributed by atoms with van der Waals surface area (Å²) < 4.78 is 4.92. The molecular formula is C13H19NO5. The first-order chi connectivity index (χ1) is 9.02. The molecule has 1 rings (SSSR count). The fraction of sp³-hybridized carbons (Fsp3) is 0.615. The molecule has 1 heterocycles. The second-order valence-corrected chi connectivity index (χ2v) is 4.49. The molecule has 0 aromatic rings. The van der Waals surface area contributed by atoms with Gasteiger partial charge in [-0.25, -0.2) is 14.5 Å². The van der Waals surface area contributed by atoms with Crippen molar-refractivity contribution < 1.29 is 24.2 Å². The van der Waals surface area contributed by atoms with Crippen molar-refractivity contribution in [3.8, 4) is 0 Å². The lowest BCUT2D eigenvalue weighted by molar-refractivity contribution is -0.145. The number of ether oxygens (including phenoxy) is 1. The zero-order chi connectivity index (χ0) is 14.4. The lowest BCUT2D eigenvalue weighted by Crippen LogP contribution is -2.43. The highest BCUT2D eigenvalue weighted by Gasteiger charge is 2.46. The Labute approximate surface area is 112 Å². The van der Waals surface area contributed by atoms with Crippen LogP contribution in [-0.4, -0.2) is 40.6 Å².